The number of nitriles is 1. The predicted octanol–water partition coefficient (Wildman–Crippen LogP) is 1.72. The summed E-state index contributed by atoms with van der Waals surface area (Å²) in [5.74, 6) is 0. The van der Waals surface area contributed by atoms with Gasteiger partial charge in [-0.1, -0.05) is 0 Å². The Balaban J connectivity index is 2.56. The van der Waals surface area contributed by atoms with Crippen molar-refractivity contribution in [3.8, 4) is 6.07 Å². The molecule has 1 fully saturated rings. The van der Waals surface area contributed by atoms with Gasteiger partial charge in [-0.2, -0.15) is 5.26 Å². The SMILES string of the molecule is CC1CC(C)(C#N)CCO1. The highest BCUT2D eigenvalue weighted by Gasteiger charge is 2.30. The zero-order chi connectivity index (χ0) is 7.61. The molecule has 0 N–H and O–H groups in total. The van der Waals surface area contributed by atoms with Gasteiger partial charge in [0, 0.05) is 6.61 Å². The van der Waals surface area contributed by atoms with Crippen LogP contribution in [0.2, 0.25) is 0 Å². The molecule has 2 unspecified atom stereocenters. The van der Waals surface area contributed by atoms with Crippen LogP contribution < -0.4 is 0 Å². The number of ether oxygens (including phenoxy) is 1. The molecule has 0 aliphatic carbocycles. The van der Waals surface area contributed by atoms with Crippen molar-refractivity contribution in [1.29, 1.82) is 5.26 Å². The fourth-order valence-corrected chi connectivity index (χ4v) is 1.38. The predicted molar refractivity (Wildman–Crippen MR) is 38.4 cm³/mol. The van der Waals surface area contributed by atoms with Gasteiger partial charge in [0.05, 0.1) is 17.6 Å². The van der Waals surface area contributed by atoms with E-state index in [2.05, 4.69) is 6.07 Å². The molecule has 0 aromatic heterocycles. The van der Waals surface area contributed by atoms with Crippen molar-refractivity contribution in [2.75, 3.05) is 6.61 Å². The van der Waals surface area contributed by atoms with Crippen molar-refractivity contribution in [1.82, 2.24) is 0 Å². The summed E-state index contributed by atoms with van der Waals surface area (Å²) in [6.07, 6.45) is 2.02. The van der Waals surface area contributed by atoms with Gasteiger partial charge in [0.15, 0.2) is 0 Å². The van der Waals surface area contributed by atoms with Crippen molar-refractivity contribution in [3.05, 3.63) is 0 Å². The maximum atomic E-state index is 8.76. The molecule has 0 bridgehead atoms. The molecular formula is C8H13NO. The topological polar surface area (TPSA) is 33.0 Å². The first-order valence-electron chi connectivity index (χ1n) is 3.69. The van der Waals surface area contributed by atoms with Crippen molar-refractivity contribution in [2.45, 2.75) is 32.8 Å². The van der Waals surface area contributed by atoms with Crippen LogP contribution in [0, 0.1) is 16.7 Å². The van der Waals surface area contributed by atoms with Gasteiger partial charge in [-0.05, 0) is 26.7 Å². The Morgan fingerprint density at radius 3 is 2.80 bits per heavy atom. The van der Waals surface area contributed by atoms with Crippen molar-refractivity contribution < 1.29 is 4.74 Å². The number of nitrogens with zero attached hydrogens (tertiary/aromatic N) is 1. The summed E-state index contributed by atoms with van der Waals surface area (Å²) in [4.78, 5) is 0. The molecule has 2 heteroatoms. The van der Waals surface area contributed by atoms with Crippen LogP contribution in [0.15, 0.2) is 0 Å². The van der Waals surface area contributed by atoms with E-state index in [1.807, 2.05) is 13.8 Å². The zero-order valence-corrected chi connectivity index (χ0v) is 6.55. The van der Waals surface area contributed by atoms with Gasteiger partial charge in [-0.3, -0.25) is 0 Å². The fraction of sp³-hybridized carbons (Fsp3) is 0.875. The summed E-state index contributed by atoms with van der Waals surface area (Å²) < 4.78 is 5.32. The summed E-state index contributed by atoms with van der Waals surface area (Å²) in [6.45, 7) is 4.77. The Morgan fingerprint density at radius 1 is 1.70 bits per heavy atom. The molecule has 1 aliphatic heterocycles. The Morgan fingerprint density at radius 2 is 2.40 bits per heavy atom. The van der Waals surface area contributed by atoms with Gasteiger partial charge in [0.2, 0.25) is 0 Å². The molecule has 0 spiro atoms. The highest BCUT2D eigenvalue weighted by Crippen LogP contribution is 2.31. The van der Waals surface area contributed by atoms with E-state index in [-0.39, 0.29) is 11.5 Å². The molecule has 56 valence electrons. The Hall–Kier alpha value is -0.550. The molecule has 0 aromatic carbocycles. The average Bonchev–Trinajstić information content (AvgIpc) is 1.88. The van der Waals surface area contributed by atoms with E-state index < -0.39 is 0 Å². The summed E-state index contributed by atoms with van der Waals surface area (Å²) in [7, 11) is 0. The standard InChI is InChI=1S/C8H13NO/c1-7-5-8(2,6-9)3-4-10-7/h7H,3-5H2,1-2H3. The first-order chi connectivity index (χ1) is 4.66. The lowest BCUT2D eigenvalue weighted by molar-refractivity contribution is -0.0129. The molecule has 1 saturated heterocycles. The minimum atomic E-state index is -0.127. The summed E-state index contributed by atoms with van der Waals surface area (Å²) >= 11 is 0. The van der Waals surface area contributed by atoms with Gasteiger partial charge in [-0.15, -0.1) is 0 Å². The van der Waals surface area contributed by atoms with Crippen LogP contribution in [0.3, 0.4) is 0 Å². The molecule has 0 aromatic rings. The number of rotatable bonds is 0. The second kappa shape index (κ2) is 2.59. The highest BCUT2D eigenvalue weighted by atomic mass is 16.5. The molecule has 0 amide bonds. The third-order valence-electron chi connectivity index (χ3n) is 2.06. The van der Waals surface area contributed by atoms with Crippen LogP contribution in [0.5, 0.6) is 0 Å². The zero-order valence-electron chi connectivity index (χ0n) is 6.55. The Bertz CT molecular complexity index is 161. The third kappa shape index (κ3) is 1.48. The van der Waals surface area contributed by atoms with Crippen LogP contribution in [-0.4, -0.2) is 12.7 Å². The normalized spacial score (nSPS) is 40.7. The average molecular weight is 139 g/mol. The molecular weight excluding hydrogens is 126 g/mol. The maximum absolute atomic E-state index is 8.76. The van der Waals surface area contributed by atoms with E-state index in [0.717, 1.165) is 19.4 Å². The summed E-state index contributed by atoms with van der Waals surface area (Å²) in [5.41, 5.74) is -0.127. The van der Waals surface area contributed by atoms with Crippen molar-refractivity contribution >= 4 is 0 Å². The lowest BCUT2D eigenvalue weighted by atomic mass is 9.82. The number of hydrogen-bond acceptors (Lipinski definition) is 2. The lowest BCUT2D eigenvalue weighted by Gasteiger charge is -2.30. The molecule has 10 heavy (non-hydrogen) atoms. The quantitative estimate of drug-likeness (QED) is 0.512. The summed E-state index contributed by atoms with van der Waals surface area (Å²) in [5, 5.41) is 8.76. The van der Waals surface area contributed by atoms with Gasteiger partial charge < -0.3 is 4.74 Å². The van der Waals surface area contributed by atoms with Crippen LogP contribution in [0.1, 0.15) is 26.7 Å². The Kier molecular flexibility index (Phi) is 1.96. The van der Waals surface area contributed by atoms with Gasteiger partial charge >= 0.3 is 0 Å². The van der Waals surface area contributed by atoms with E-state index in [1.165, 1.54) is 0 Å². The van der Waals surface area contributed by atoms with Crippen LogP contribution >= 0.6 is 0 Å². The second-order valence-electron chi connectivity index (χ2n) is 3.31. The van der Waals surface area contributed by atoms with E-state index in [0.29, 0.717) is 0 Å². The lowest BCUT2D eigenvalue weighted by Crippen LogP contribution is -2.30. The smallest absolute Gasteiger partial charge is 0.0688 e. The van der Waals surface area contributed by atoms with Gasteiger partial charge in [0.1, 0.15) is 0 Å². The second-order valence-corrected chi connectivity index (χ2v) is 3.31. The van der Waals surface area contributed by atoms with E-state index in [9.17, 15) is 0 Å². The minimum absolute atomic E-state index is 0.127. The van der Waals surface area contributed by atoms with Crippen molar-refractivity contribution in [3.63, 3.8) is 0 Å². The van der Waals surface area contributed by atoms with Crippen LogP contribution in [0.25, 0.3) is 0 Å². The first-order valence-corrected chi connectivity index (χ1v) is 3.69. The molecule has 1 heterocycles. The molecule has 1 aliphatic rings. The summed E-state index contributed by atoms with van der Waals surface area (Å²) in [6, 6.07) is 2.33. The monoisotopic (exact) mass is 139 g/mol. The third-order valence-corrected chi connectivity index (χ3v) is 2.06. The molecule has 2 nitrogen and oxygen atoms in total. The molecule has 1 rings (SSSR count). The Labute approximate surface area is 61.8 Å². The minimum Gasteiger partial charge on any atom is -0.378 e. The highest BCUT2D eigenvalue weighted by molar-refractivity contribution is 4.98. The van der Waals surface area contributed by atoms with Crippen LogP contribution in [0.4, 0.5) is 0 Å². The molecule has 0 radical (unpaired) electrons. The fourth-order valence-electron chi connectivity index (χ4n) is 1.38. The van der Waals surface area contributed by atoms with E-state index >= 15 is 0 Å². The molecule has 2 atom stereocenters. The van der Waals surface area contributed by atoms with Gasteiger partial charge in [-0.25, -0.2) is 0 Å². The van der Waals surface area contributed by atoms with E-state index in [4.69, 9.17) is 10.00 Å². The van der Waals surface area contributed by atoms with Gasteiger partial charge in [0.25, 0.3) is 0 Å². The largest absolute Gasteiger partial charge is 0.378 e. The van der Waals surface area contributed by atoms with E-state index in [1.54, 1.807) is 0 Å². The molecule has 0 saturated carbocycles. The maximum Gasteiger partial charge on any atom is 0.0688 e. The van der Waals surface area contributed by atoms with Crippen LogP contribution in [-0.2, 0) is 4.74 Å². The number of hydrogen-bond donors (Lipinski definition) is 0. The van der Waals surface area contributed by atoms with Crippen molar-refractivity contribution in [2.24, 2.45) is 5.41 Å². The first kappa shape index (κ1) is 7.56.